The van der Waals surface area contributed by atoms with Gasteiger partial charge in [-0.3, -0.25) is 9.36 Å². The summed E-state index contributed by atoms with van der Waals surface area (Å²) in [4.78, 5) is 26.0. The molecule has 2 atom stereocenters. The highest BCUT2D eigenvalue weighted by atomic mass is 35.5. The summed E-state index contributed by atoms with van der Waals surface area (Å²) in [6.45, 7) is 6.21. The minimum absolute atomic E-state index is 0.0443. The van der Waals surface area contributed by atoms with Gasteiger partial charge in [-0.1, -0.05) is 31.5 Å². The number of anilines is 3. The molecule has 2 aromatic heterocycles. The molecule has 6 N–H and O–H groups in total. The Kier molecular flexibility index (Phi) is 7.91. The predicted molar refractivity (Wildman–Crippen MR) is 133 cm³/mol. The third kappa shape index (κ3) is 5.55. The Labute approximate surface area is 202 Å². The van der Waals surface area contributed by atoms with Crippen LogP contribution in [0.2, 0.25) is 5.02 Å². The van der Waals surface area contributed by atoms with Crippen LogP contribution in [0.5, 0.6) is 0 Å². The van der Waals surface area contributed by atoms with Crippen LogP contribution in [-0.4, -0.2) is 30.7 Å². The number of aliphatic hydroxyl groups excluding tert-OH is 1. The number of aromatic nitrogens is 4. The van der Waals surface area contributed by atoms with Gasteiger partial charge in [0.1, 0.15) is 23.3 Å². The fourth-order valence-corrected chi connectivity index (χ4v) is 3.97. The third-order valence-electron chi connectivity index (χ3n) is 5.53. The van der Waals surface area contributed by atoms with Crippen molar-refractivity contribution in [2.75, 3.05) is 16.8 Å². The normalized spacial score (nSPS) is 13.1. The van der Waals surface area contributed by atoms with E-state index < -0.39 is 12.1 Å². The second-order valence-electron chi connectivity index (χ2n) is 8.64. The summed E-state index contributed by atoms with van der Waals surface area (Å²) >= 11 is 6.32. The van der Waals surface area contributed by atoms with Gasteiger partial charge < -0.3 is 21.9 Å². The Morgan fingerprint density at radius 2 is 1.91 bits per heavy atom. The van der Waals surface area contributed by atoms with Crippen molar-refractivity contribution in [2.45, 2.75) is 58.7 Å². The van der Waals surface area contributed by atoms with Gasteiger partial charge in [0.25, 0.3) is 5.56 Å². The Morgan fingerprint density at radius 3 is 2.59 bits per heavy atom. The van der Waals surface area contributed by atoms with E-state index >= 15 is 0 Å². The van der Waals surface area contributed by atoms with Crippen LogP contribution in [0.25, 0.3) is 10.9 Å². The number of nitrogens with zero attached hydrogens (tertiary/aromatic N) is 5. The Morgan fingerprint density at radius 1 is 1.18 bits per heavy atom. The largest absolute Gasteiger partial charge is 0.393 e. The zero-order valence-corrected chi connectivity index (χ0v) is 20.2. The van der Waals surface area contributed by atoms with E-state index in [9.17, 15) is 15.2 Å². The van der Waals surface area contributed by atoms with Crippen molar-refractivity contribution >= 4 is 40.1 Å². The van der Waals surface area contributed by atoms with Crippen LogP contribution in [-0.2, 0) is 6.54 Å². The van der Waals surface area contributed by atoms with Gasteiger partial charge in [-0.25, -0.2) is 4.98 Å². The van der Waals surface area contributed by atoms with Crippen LogP contribution in [0, 0.1) is 17.2 Å². The molecular weight excluding hydrogens is 456 g/mol. The molecule has 0 saturated heterocycles. The summed E-state index contributed by atoms with van der Waals surface area (Å²) in [5.74, 6) is 0.878. The topological polar surface area (TPSA) is 169 Å². The molecule has 1 unspecified atom stereocenters. The van der Waals surface area contributed by atoms with Crippen molar-refractivity contribution in [1.82, 2.24) is 19.5 Å². The molecule has 0 aliphatic heterocycles. The maximum atomic E-state index is 13.4. The number of nitrogens with two attached hydrogens (primary N) is 2. The lowest BCUT2D eigenvalue weighted by atomic mass is 10.0. The SMILES string of the molecule is CC(C)CCC(O)CCn1c([C@H](C)Nc2nc(N)nc(N)c2C#N)nc2cccc(Cl)c2c1=O. The smallest absolute Gasteiger partial charge is 0.262 e. The number of fused-ring (bicyclic) bond motifs is 1. The fourth-order valence-electron chi connectivity index (χ4n) is 3.72. The minimum Gasteiger partial charge on any atom is -0.393 e. The molecule has 3 aromatic rings. The van der Waals surface area contributed by atoms with Gasteiger partial charge in [-0.2, -0.15) is 15.2 Å². The summed E-state index contributed by atoms with van der Waals surface area (Å²) in [5.41, 5.74) is 11.7. The van der Waals surface area contributed by atoms with Crippen LogP contribution in [0.4, 0.5) is 17.6 Å². The molecule has 0 aliphatic carbocycles. The maximum absolute atomic E-state index is 13.4. The summed E-state index contributed by atoms with van der Waals surface area (Å²) in [5, 5.41) is 23.6. The number of benzene rings is 1. The first-order valence-corrected chi connectivity index (χ1v) is 11.5. The second-order valence-corrected chi connectivity index (χ2v) is 9.05. The lowest BCUT2D eigenvalue weighted by Gasteiger charge is -2.22. The van der Waals surface area contributed by atoms with Crippen LogP contribution < -0.4 is 22.3 Å². The molecule has 0 spiro atoms. The number of aliphatic hydroxyl groups is 1. The zero-order valence-electron chi connectivity index (χ0n) is 19.4. The number of hydrogen-bond acceptors (Lipinski definition) is 9. The van der Waals surface area contributed by atoms with Crippen molar-refractivity contribution < 1.29 is 5.11 Å². The van der Waals surface area contributed by atoms with Gasteiger partial charge in [-0.15, -0.1) is 0 Å². The summed E-state index contributed by atoms with van der Waals surface area (Å²) in [7, 11) is 0. The molecular formula is C23H29ClN8O2. The first kappa shape index (κ1) is 25.2. The molecule has 2 heterocycles. The first-order valence-electron chi connectivity index (χ1n) is 11.1. The molecule has 180 valence electrons. The molecule has 0 fully saturated rings. The van der Waals surface area contributed by atoms with Gasteiger partial charge in [0, 0.05) is 6.54 Å². The van der Waals surface area contributed by atoms with E-state index in [1.165, 1.54) is 4.57 Å². The molecule has 0 radical (unpaired) electrons. The number of halogens is 1. The summed E-state index contributed by atoms with van der Waals surface area (Å²) in [6.07, 6.45) is 1.35. The van der Waals surface area contributed by atoms with Gasteiger partial charge in [0.2, 0.25) is 5.95 Å². The average molecular weight is 485 g/mol. The third-order valence-corrected chi connectivity index (χ3v) is 5.85. The number of rotatable bonds is 9. The molecule has 0 amide bonds. The minimum atomic E-state index is -0.565. The predicted octanol–water partition coefficient (Wildman–Crippen LogP) is 3.24. The average Bonchev–Trinajstić information content (AvgIpc) is 2.76. The zero-order chi connectivity index (χ0) is 25.0. The monoisotopic (exact) mass is 484 g/mol. The van der Waals surface area contributed by atoms with Crippen LogP contribution in [0.3, 0.4) is 0 Å². The van der Waals surface area contributed by atoms with Crippen LogP contribution >= 0.6 is 11.6 Å². The van der Waals surface area contributed by atoms with Gasteiger partial charge in [-0.05, 0) is 44.2 Å². The Balaban J connectivity index is 2.03. The standard InChI is InChI=1S/C23H29ClN8O2/c1-12(2)7-8-14(33)9-10-32-21(29-17-6-4-5-16(24)18(17)22(32)34)13(3)28-20-15(11-25)19(26)30-23(27)31-20/h4-6,12-14,33H,7-10H2,1-3H3,(H5,26,27,28,30,31)/t13-,14?/m0/s1. The quantitative estimate of drug-likeness (QED) is 0.356. The van der Waals surface area contributed by atoms with E-state index in [2.05, 4.69) is 29.1 Å². The maximum Gasteiger partial charge on any atom is 0.262 e. The number of nitrogen functional groups attached to an aromatic ring is 2. The lowest BCUT2D eigenvalue weighted by molar-refractivity contribution is 0.140. The molecule has 1 aromatic carbocycles. The van der Waals surface area contributed by atoms with Crippen molar-refractivity contribution in [3.05, 3.63) is 45.0 Å². The van der Waals surface area contributed by atoms with Crippen LogP contribution in [0.15, 0.2) is 23.0 Å². The van der Waals surface area contributed by atoms with Gasteiger partial charge >= 0.3 is 0 Å². The van der Waals surface area contributed by atoms with Crippen molar-refractivity contribution in [3.8, 4) is 6.07 Å². The van der Waals surface area contributed by atoms with Gasteiger partial charge in [0.15, 0.2) is 5.82 Å². The summed E-state index contributed by atoms with van der Waals surface area (Å²) in [6, 6.07) is 6.47. The molecule has 0 aliphatic rings. The Bertz CT molecular complexity index is 1280. The Hall–Kier alpha value is -3.42. The van der Waals surface area contributed by atoms with E-state index in [0.29, 0.717) is 40.5 Å². The molecule has 34 heavy (non-hydrogen) atoms. The number of nitriles is 1. The number of nitrogens with one attached hydrogen (secondary N) is 1. The van der Waals surface area contributed by atoms with Crippen LogP contribution in [0.1, 0.15) is 57.5 Å². The van der Waals surface area contributed by atoms with E-state index in [1.807, 2.05) is 6.07 Å². The highest BCUT2D eigenvalue weighted by Crippen LogP contribution is 2.25. The van der Waals surface area contributed by atoms with Crippen molar-refractivity contribution in [2.24, 2.45) is 5.92 Å². The van der Waals surface area contributed by atoms with Crippen molar-refractivity contribution in [1.29, 1.82) is 5.26 Å². The molecule has 0 saturated carbocycles. The molecule has 10 nitrogen and oxygen atoms in total. The van der Waals surface area contributed by atoms with Gasteiger partial charge in [0.05, 0.1) is 28.1 Å². The number of hydrogen-bond donors (Lipinski definition) is 4. The van der Waals surface area contributed by atoms with E-state index in [4.69, 9.17) is 28.1 Å². The first-order chi connectivity index (χ1) is 16.1. The highest BCUT2D eigenvalue weighted by Gasteiger charge is 2.21. The van der Waals surface area contributed by atoms with Crippen molar-refractivity contribution in [3.63, 3.8) is 0 Å². The fraction of sp³-hybridized carbons (Fsp3) is 0.435. The lowest BCUT2D eigenvalue weighted by Crippen LogP contribution is -2.30. The molecule has 3 rings (SSSR count). The highest BCUT2D eigenvalue weighted by molar-refractivity contribution is 6.35. The molecule has 0 bridgehead atoms. The van der Waals surface area contributed by atoms with E-state index in [0.717, 1.165) is 6.42 Å². The summed E-state index contributed by atoms with van der Waals surface area (Å²) < 4.78 is 1.50. The molecule has 11 heteroatoms. The van der Waals surface area contributed by atoms with E-state index in [1.54, 1.807) is 25.1 Å². The second kappa shape index (κ2) is 10.7. The van der Waals surface area contributed by atoms with E-state index in [-0.39, 0.29) is 35.3 Å².